The Labute approximate surface area is 171 Å². The largest absolute Gasteiger partial charge is 0.493 e. The number of rotatable bonds is 5. The number of hydrogen-bond acceptors (Lipinski definition) is 5. The fourth-order valence-corrected chi connectivity index (χ4v) is 3.45. The fourth-order valence-electron chi connectivity index (χ4n) is 2.54. The minimum absolute atomic E-state index is 0.154. The van der Waals surface area contributed by atoms with Gasteiger partial charge >= 0.3 is 5.91 Å². The first-order chi connectivity index (χ1) is 12.9. The van der Waals surface area contributed by atoms with E-state index in [0.717, 1.165) is 20.0 Å². The van der Waals surface area contributed by atoms with E-state index in [2.05, 4.69) is 47.1 Å². The van der Waals surface area contributed by atoms with Crippen molar-refractivity contribution in [2.75, 3.05) is 13.7 Å². The van der Waals surface area contributed by atoms with Gasteiger partial charge in [0.1, 0.15) is 0 Å². The zero-order valence-corrected chi connectivity index (χ0v) is 17.6. The number of ether oxygens (including phenoxy) is 2. The Balaban J connectivity index is 1.76. The number of nitrogens with one attached hydrogen (secondary N) is 1. The molecule has 3 rings (SSSR count). The number of carbonyl (C=O) groups excluding carboxylic acids is 1. The van der Waals surface area contributed by atoms with Gasteiger partial charge in [-0.2, -0.15) is 0 Å². The predicted octanol–water partition coefficient (Wildman–Crippen LogP) is 5.40. The Morgan fingerprint density at radius 1 is 1.19 bits per heavy atom. The standard InChI is InChI=1S/C18H15Br2N3O4/c1-9-5-11(20)6-12-16(9)21-18(25)17(12)23-22-15(24)8-27-13-4-3-10(19)7-14(13)26-2/h3-7,21,25H,8H2,1-2H3. The number of benzene rings is 2. The third-order valence-corrected chi connectivity index (χ3v) is 4.71. The zero-order chi connectivity index (χ0) is 19.6. The summed E-state index contributed by atoms with van der Waals surface area (Å²) in [6, 6.07) is 8.88. The first-order valence-corrected chi connectivity index (χ1v) is 9.39. The molecule has 9 heteroatoms. The molecule has 0 bridgehead atoms. The van der Waals surface area contributed by atoms with E-state index >= 15 is 0 Å². The zero-order valence-electron chi connectivity index (χ0n) is 14.4. The summed E-state index contributed by atoms with van der Waals surface area (Å²) in [6.07, 6.45) is 0. The van der Waals surface area contributed by atoms with Crippen LogP contribution in [0.1, 0.15) is 5.56 Å². The number of methoxy groups -OCH3 is 1. The fraction of sp³-hybridized carbons (Fsp3) is 0.167. The van der Waals surface area contributed by atoms with E-state index < -0.39 is 5.91 Å². The molecule has 0 radical (unpaired) electrons. The molecule has 0 unspecified atom stereocenters. The first-order valence-electron chi connectivity index (χ1n) is 7.80. The molecule has 140 valence electrons. The summed E-state index contributed by atoms with van der Waals surface area (Å²) < 4.78 is 12.3. The van der Waals surface area contributed by atoms with Crippen LogP contribution in [0.15, 0.2) is 49.5 Å². The third-order valence-electron chi connectivity index (χ3n) is 3.76. The molecule has 3 aromatic rings. The van der Waals surface area contributed by atoms with E-state index in [-0.39, 0.29) is 18.2 Å². The van der Waals surface area contributed by atoms with Gasteiger partial charge in [0.2, 0.25) is 5.88 Å². The molecular formula is C18H15Br2N3O4. The van der Waals surface area contributed by atoms with Crippen LogP contribution < -0.4 is 9.47 Å². The number of aromatic amines is 1. The number of aromatic nitrogens is 1. The van der Waals surface area contributed by atoms with Crippen LogP contribution in [0.5, 0.6) is 17.4 Å². The molecule has 0 fully saturated rings. The average molecular weight is 497 g/mol. The van der Waals surface area contributed by atoms with Crippen LogP contribution >= 0.6 is 31.9 Å². The molecule has 1 heterocycles. The summed E-state index contributed by atoms with van der Waals surface area (Å²) in [6.45, 7) is 1.59. The summed E-state index contributed by atoms with van der Waals surface area (Å²) in [5.74, 6) is 0.154. The molecular weight excluding hydrogens is 482 g/mol. The number of aryl methyl sites for hydroxylation is 1. The van der Waals surface area contributed by atoms with E-state index in [1.807, 2.05) is 13.0 Å². The van der Waals surface area contributed by atoms with E-state index in [1.54, 1.807) is 24.3 Å². The van der Waals surface area contributed by atoms with Crippen molar-refractivity contribution in [3.63, 3.8) is 0 Å². The van der Waals surface area contributed by atoms with Crippen LogP contribution in [0.2, 0.25) is 0 Å². The van der Waals surface area contributed by atoms with Crippen molar-refractivity contribution in [1.29, 1.82) is 0 Å². The summed E-state index contributed by atoms with van der Waals surface area (Å²) >= 11 is 6.74. The molecule has 0 saturated heterocycles. The monoisotopic (exact) mass is 495 g/mol. The quantitative estimate of drug-likeness (QED) is 0.462. The summed E-state index contributed by atoms with van der Waals surface area (Å²) in [4.78, 5) is 14.9. The van der Waals surface area contributed by atoms with E-state index in [0.29, 0.717) is 16.9 Å². The number of amides is 1. The molecule has 0 spiro atoms. The lowest BCUT2D eigenvalue weighted by atomic mass is 10.1. The van der Waals surface area contributed by atoms with Crippen LogP contribution in [-0.4, -0.2) is 29.7 Å². The lowest BCUT2D eigenvalue weighted by molar-refractivity contribution is -0.120. The number of aromatic hydroxyl groups is 1. The average Bonchev–Trinajstić information content (AvgIpc) is 2.94. The molecule has 0 aliphatic heterocycles. The Morgan fingerprint density at radius 2 is 1.96 bits per heavy atom. The second-order valence-electron chi connectivity index (χ2n) is 5.65. The number of hydrogen-bond donors (Lipinski definition) is 2. The van der Waals surface area contributed by atoms with Crippen molar-refractivity contribution < 1.29 is 19.4 Å². The molecule has 0 aliphatic carbocycles. The molecule has 0 saturated carbocycles. The summed E-state index contributed by atoms with van der Waals surface area (Å²) in [7, 11) is 1.51. The second-order valence-corrected chi connectivity index (χ2v) is 7.48. The highest BCUT2D eigenvalue weighted by molar-refractivity contribution is 9.10. The second kappa shape index (κ2) is 8.10. The maximum Gasteiger partial charge on any atom is 0.302 e. The van der Waals surface area contributed by atoms with Crippen molar-refractivity contribution in [2.24, 2.45) is 10.2 Å². The Hall–Kier alpha value is -2.39. The van der Waals surface area contributed by atoms with Crippen molar-refractivity contribution >= 4 is 54.4 Å². The van der Waals surface area contributed by atoms with E-state index in [4.69, 9.17) is 9.47 Å². The van der Waals surface area contributed by atoms with Crippen LogP contribution in [0.25, 0.3) is 10.9 Å². The molecule has 0 atom stereocenters. The van der Waals surface area contributed by atoms with Crippen LogP contribution in [-0.2, 0) is 4.79 Å². The summed E-state index contributed by atoms with van der Waals surface area (Å²) in [5.41, 5.74) is 1.85. The molecule has 1 amide bonds. The van der Waals surface area contributed by atoms with Gasteiger partial charge in [0.15, 0.2) is 23.8 Å². The molecule has 1 aromatic heterocycles. The maximum absolute atomic E-state index is 12.0. The van der Waals surface area contributed by atoms with Crippen molar-refractivity contribution in [2.45, 2.75) is 6.92 Å². The maximum atomic E-state index is 12.0. The van der Waals surface area contributed by atoms with Gasteiger partial charge in [-0.3, -0.25) is 4.79 Å². The first kappa shape index (κ1) is 19.4. The Morgan fingerprint density at radius 3 is 2.70 bits per heavy atom. The topological polar surface area (TPSA) is 96.3 Å². The van der Waals surface area contributed by atoms with E-state index in [9.17, 15) is 9.90 Å². The van der Waals surface area contributed by atoms with Gasteiger partial charge < -0.3 is 19.6 Å². The van der Waals surface area contributed by atoms with E-state index in [1.165, 1.54) is 7.11 Å². The molecule has 7 nitrogen and oxygen atoms in total. The minimum atomic E-state index is -0.597. The smallest absolute Gasteiger partial charge is 0.302 e. The number of azo groups is 1. The molecule has 2 aromatic carbocycles. The van der Waals surface area contributed by atoms with Gasteiger partial charge in [-0.25, -0.2) is 0 Å². The highest BCUT2D eigenvalue weighted by Crippen LogP contribution is 2.38. The Kier molecular flexibility index (Phi) is 5.81. The number of fused-ring (bicyclic) bond motifs is 1. The van der Waals surface area contributed by atoms with Crippen molar-refractivity contribution in [3.05, 3.63) is 44.8 Å². The van der Waals surface area contributed by atoms with Gasteiger partial charge in [-0.15, -0.1) is 10.2 Å². The van der Waals surface area contributed by atoms with Gasteiger partial charge in [-0.1, -0.05) is 31.9 Å². The van der Waals surface area contributed by atoms with Crippen molar-refractivity contribution in [3.8, 4) is 17.4 Å². The SMILES string of the molecule is COc1cc(Br)ccc1OCC(=O)N=Nc1c(O)[nH]c2c(C)cc(Br)cc12. The van der Waals surface area contributed by atoms with Gasteiger partial charge in [-0.05, 0) is 42.8 Å². The highest BCUT2D eigenvalue weighted by Gasteiger charge is 2.14. The molecule has 27 heavy (non-hydrogen) atoms. The number of carbonyl (C=O) groups is 1. The van der Waals surface area contributed by atoms with Gasteiger partial charge in [0.25, 0.3) is 0 Å². The predicted molar refractivity (Wildman–Crippen MR) is 108 cm³/mol. The third kappa shape index (κ3) is 4.30. The normalized spacial score (nSPS) is 11.3. The minimum Gasteiger partial charge on any atom is -0.493 e. The highest BCUT2D eigenvalue weighted by atomic mass is 79.9. The van der Waals surface area contributed by atoms with Gasteiger partial charge in [0, 0.05) is 14.3 Å². The summed E-state index contributed by atoms with van der Waals surface area (Å²) in [5, 5.41) is 18.3. The molecule has 2 N–H and O–H groups in total. The number of H-pyrrole nitrogens is 1. The lowest BCUT2D eigenvalue weighted by Crippen LogP contribution is -2.08. The Bertz CT molecular complexity index is 1050. The van der Waals surface area contributed by atoms with Crippen LogP contribution in [0.3, 0.4) is 0 Å². The number of nitrogens with zero attached hydrogens (tertiary/aromatic N) is 2. The lowest BCUT2D eigenvalue weighted by Gasteiger charge is -2.09. The number of halogens is 2. The van der Waals surface area contributed by atoms with Crippen molar-refractivity contribution in [1.82, 2.24) is 4.98 Å². The van der Waals surface area contributed by atoms with Gasteiger partial charge in [0.05, 0.1) is 12.6 Å². The van der Waals surface area contributed by atoms with Crippen LogP contribution in [0.4, 0.5) is 5.69 Å². The van der Waals surface area contributed by atoms with Crippen LogP contribution in [0, 0.1) is 6.92 Å². The molecule has 0 aliphatic rings.